The van der Waals surface area contributed by atoms with Crippen molar-refractivity contribution in [2.24, 2.45) is 0 Å². The molecule has 3 rings (SSSR count). The second-order valence-corrected chi connectivity index (χ2v) is 8.53. The van der Waals surface area contributed by atoms with Crippen LogP contribution in [0.2, 0.25) is 0 Å². The number of piperidine rings is 1. The van der Waals surface area contributed by atoms with Gasteiger partial charge in [-0.1, -0.05) is 6.07 Å². The van der Waals surface area contributed by atoms with Gasteiger partial charge < -0.3 is 4.74 Å². The van der Waals surface area contributed by atoms with E-state index in [1.165, 1.54) is 11.8 Å². The maximum atomic E-state index is 11.5. The van der Waals surface area contributed by atoms with Crippen LogP contribution in [-0.2, 0) is 21.3 Å². The maximum absolute atomic E-state index is 11.5. The molecule has 6 nitrogen and oxygen atoms in total. The minimum Gasteiger partial charge on any atom is -0.375 e. The molecule has 0 saturated carbocycles. The van der Waals surface area contributed by atoms with Gasteiger partial charge in [-0.25, -0.2) is 13.1 Å². The monoisotopic (exact) mass is 339 g/mol. The van der Waals surface area contributed by atoms with E-state index < -0.39 is 10.0 Å². The van der Waals surface area contributed by atoms with Crippen molar-refractivity contribution in [1.29, 1.82) is 0 Å². The molecule has 1 atom stereocenters. The normalized spacial score (nSPS) is 25.5. The zero-order chi connectivity index (χ0) is 16.3. The van der Waals surface area contributed by atoms with Gasteiger partial charge in [0.05, 0.1) is 11.9 Å². The van der Waals surface area contributed by atoms with Crippen molar-refractivity contribution in [2.45, 2.75) is 43.9 Å². The second-order valence-electron chi connectivity index (χ2n) is 6.75. The summed E-state index contributed by atoms with van der Waals surface area (Å²) in [7, 11) is -3.15. The first kappa shape index (κ1) is 16.8. The van der Waals surface area contributed by atoms with Crippen molar-refractivity contribution < 1.29 is 13.2 Å². The van der Waals surface area contributed by atoms with Crippen LogP contribution >= 0.6 is 0 Å². The Bertz CT molecular complexity index is 613. The molecule has 2 saturated heterocycles. The van der Waals surface area contributed by atoms with E-state index in [1.807, 2.05) is 12.3 Å². The van der Waals surface area contributed by atoms with Crippen molar-refractivity contribution in [2.75, 3.05) is 26.0 Å². The summed E-state index contributed by atoms with van der Waals surface area (Å²) < 4.78 is 31.7. The van der Waals surface area contributed by atoms with Crippen LogP contribution in [0.1, 0.15) is 31.2 Å². The first-order valence-corrected chi connectivity index (χ1v) is 10.1. The molecule has 23 heavy (non-hydrogen) atoms. The Morgan fingerprint density at radius 1 is 1.43 bits per heavy atom. The van der Waals surface area contributed by atoms with E-state index in [0.717, 1.165) is 45.3 Å². The Balaban J connectivity index is 1.55. The fourth-order valence-electron chi connectivity index (χ4n) is 3.65. The van der Waals surface area contributed by atoms with E-state index in [2.05, 4.69) is 20.7 Å². The molecule has 7 heteroatoms. The molecule has 0 aromatic carbocycles. The molecule has 1 aromatic heterocycles. The molecule has 1 spiro atoms. The smallest absolute Gasteiger partial charge is 0.208 e. The fraction of sp³-hybridized carbons (Fsp3) is 0.688. The molecule has 2 fully saturated rings. The molecule has 1 aromatic rings. The number of aromatic nitrogens is 1. The van der Waals surface area contributed by atoms with Gasteiger partial charge in [0.15, 0.2) is 0 Å². The molecule has 128 valence electrons. The minimum atomic E-state index is -3.15. The third kappa shape index (κ3) is 4.73. The Labute approximate surface area is 138 Å². The topological polar surface area (TPSA) is 71.5 Å². The average Bonchev–Trinajstić information content (AvgIpc) is 2.50. The molecule has 1 N–H and O–H groups in total. The third-order valence-corrected chi connectivity index (χ3v) is 5.53. The SMILES string of the molecule is CS(=O)(=O)N[C@H]1CCOC2(CCN(Cc3cccnc3)CC2)C1. The highest BCUT2D eigenvalue weighted by molar-refractivity contribution is 7.88. The van der Waals surface area contributed by atoms with Gasteiger partial charge in [0.25, 0.3) is 0 Å². The van der Waals surface area contributed by atoms with Crippen LogP contribution in [0.5, 0.6) is 0 Å². The van der Waals surface area contributed by atoms with Crippen molar-refractivity contribution in [3.05, 3.63) is 30.1 Å². The van der Waals surface area contributed by atoms with Gasteiger partial charge in [-0.15, -0.1) is 0 Å². The van der Waals surface area contributed by atoms with Crippen LogP contribution in [0, 0.1) is 0 Å². The zero-order valence-electron chi connectivity index (χ0n) is 13.6. The second kappa shape index (κ2) is 6.84. The summed E-state index contributed by atoms with van der Waals surface area (Å²) in [5.74, 6) is 0. The van der Waals surface area contributed by atoms with E-state index in [9.17, 15) is 8.42 Å². The highest BCUT2D eigenvalue weighted by atomic mass is 32.2. The minimum absolute atomic E-state index is 0.00335. The lowest BCUT2D eigenvalue weighted by Crippen LogP contribution is -2.53. The predicted octanol–water partition coefficient (Wildman–Crippen LogP) is 1.14. The highest BCUT2D eigenvalue weighted by Crippen LogP contribution is 2.35. The summed E-state index contributed by atoms with van der Waals surface area (Å²) in [6.45, 7) is 3.49. The number of hydrogen-bond donors (Lipinski definition) is 1. The summed E-state index contributed by atoms with van der Waals surface area (Å²) >= 11 is 0. The van der Waals surface area contributed by atoms with Gasteiger partial charge in [0, 0.05) is 44.7 Å². The van der Waals surface area contributed by atoms with E-state index in [4.69, 9.17) is 4.74 Å². The van der Waals surface area contributed by atoms with Crippen LogP contribution in [0.3, 0.4) is 0 Å². The summed E-state index contributed by atoms with van der Waals surface area (Å²) in [5, 5.41) is 0. The van der Waals surface area contributed by atoms with Gasteiger partial charge in [-0.3, -0.25) is 9.88 Å². The zero-order valence-corrected chi connectivity index (χ0v) is 14.4. The molecule has 0 unspecified atom stereocenters. The molecule has 0 amide bonds. The lowest BCUT2D eigenvalue weighted by Gasteiger charge is -2.46. The summed E-state index contributed by atoms with van der Waals surface area (Å²) in [4.78, 5) is 6.58. The standard InChI is InChI=1S/C16H25N3O3S/c1-23(20,21)18-15-4-10-22-16(11-15)5-8-19(9-6-16)13-14-3-2-7-17-12-14/h2-3,7,12,15,18H,4-6,8-11,13H2,1H3/t15-/m0/s1. The van der Waals surface area contributed by atoms with Crippen molar-refractivity contribution in [1.82, 2.24) is 14.6 Å². The predicted molar refractivity (Wildman–Crippen MR) is 88.4 cm³/mol. The third-order valence-electron chi connectivity index (χ3n) is 4.77. The lowest BCUT2D eigenvalue weighted by atomic mass is 9.82. The average molecular weight is 339 g/mol. The van der Waals surface area contributed by atoms with Gasteiger partial charge in [-0.2, -0.15) is 0 Å². The summed E-state index contributed by atoms with van der Waals surface area (Å²) in [5.41, 5.74) is 1.07. The number of pyridine rings is 1. The van der Waals surface area contributed by atoms with E-state index in [-0.39, 0.29) is 11.6 Å². The molecular formula is C16H25N3O3S. The molecule has 0 radical (unpaired) electrons. The number of nitrogens with zero attached hydrogens (tertiary/aromatic N) is 2. The van der Waals surface area contributed by atoms with Crippen molar-refractivity contribution in [3.63, 3.8) is 0 Å². The molecule has 0 aliphatic carbocycles. The van der Waals surface area contributed by atoms with Gasteiger partial charge >= 0.3 is 0 Å². The van der Waals surface area contributed by atoms with Crippen LogP contribution in [0.15, 0.2) is 24.5 Å². The lowest BCUT2D eigenvalue weighted by molar-refractivity contribution is -0.118. The number of likely N-dealkylation sites (tertiary alicyclic amines) is 1. The van der Waals surface area contributed by atoms with Gasteiger partial charge in [-0.05, 0) is 37.3 Å². The summed E-state index contributed by atoms with van der Waals surface area (Å²) in [6, 6.07) is 4.07. The molecular weight excluding hydrogens is 314 g/mol. The number of rotatable bonds is 4. The molecule has 2 aliphatic rings. The molecule has 3 heterocycles. The van der Waals surface area contributed by atoms with E-state index >= 15 is 0 Å². The van der Waals surface area contributed by atoms with Crippen molar-refractivity contribution in [3.8, 4) is 0 Å². The Kier molecular flexibility index (Phi) is 5.01. The van der Waals surface area contributed by atoms with Gasteiger partial charge in [0.1, 0.15) is 0 Å². The number of hydrogen-bond acceptors (Lipinski definition) is 5. The summed E-state index contributed by atoms with van der Waals surface area (Å²) in [6.07, 6.45) is 8.37. The van der Waals surface area contributed by atoms with Crippen molar-refractivity contribution >= 4 is 10.0 Å². The van der Waals surface area contributed by atoms with Crippen LogP contribution in [0.25, 0.3) is 0 Å². The molecule has 0 bridgehead atoms. The number of sulfonamides is 1. The Hall–Kier alpha value is -1.02. The van der Waals surface area contributed by atoms with Gasteiger partial charge in [0.2, 0.25) is 10.0 Å². The van der Waals surface area contributed by atoms with Crippen LogP contribution in [-0.4, -0.2) is 55.9 Å². The number of nitrogens with one attached hydrogen (secondary N) is 1. The quantitative estimate of drug-likeness (QED) is 0.891. The van der Waals surface area contributed by atoms with Crippen LogP contribution < -0.4 is 4.72 Å². The maximum Gasteiger partial charge on any atom is 0.208 e. The Morgan fingerprint density at radius 2 is 2.22 bits per heavy atom. The Morgan fingerprint density at radius 3 is 2.87 bits per heavy atom. The number of ether oxygens (including phenoxy) is 1. The first-order valence-electron chi connectivity index (χ1n) is 8.17. The molecule has 2 aliphatic heterocycles. The largest absolute Gasteiger partial charge is 0.375 e. The van der Waals surface area contributed by atoms with E-state index in [0.29, 0.717) is 6.61 Å². The van der Waals surface area contributed by atoms with E-state index in [1.54, 1.807) is 6.20 Å². The highest BCUT2D eigenvalue weighted by Gasteiger charge is 2.40. The fourth-order valence-corrected chi connectivity index (χ4v) is 4.45. The van der Waals surface area contributed by atoms with Crippen LogP contribution in [0.4, 0.5) is 0 Å². The first-order chi connectivity index (χ1) is 10.9.